The number of hydrogen-bond acceptors (Lipinski definition) is 1. The summed E-state index contributed by atoms with van der Waals surface area (Å²) in [5.41, 5.74) is -12.8. The summed E-state index contributed by atoms with van der Waals surface area (Å²) >= 11 is 0. The van der Waals surface area contributed by atoms with Crippen LogP contribution >= 0.6 is 0 Å². The molecule has 2 aliphatic carbocycles. The molecule has 1 heteroatoms. The van der Waals surface area contributed by atoms with Gasteiger partial charge in [-0.05, 0) is 120 Å². The summed E-state index contributed by atoms with van der Waals surface area (Å²) in [6.07, 6.45) is 0. The Balaban J connectivity index is 1.36. The summed E-state index contributed by atoms with van der Waals surface area (Å²) in [5.74, 6) is 0. The number of anilines is 3. The van der Waals surface area contributed by atoms with E-state index in [2.05, 4.69) is 0 Å². The van der Waals surface area contributed by atoms with Crippen LogP contribution in [0.1, 0.15) is 88.4 Å². The van der Waals surface area contributed by atoms with Crippen molar-refractivity contribution in [2.24, 2.45) is 0 Å². The maximum atomic E-state index is 10.7. The maximum absolute atomic E-state index is 10.7. The van der Waals surface area contributed by atoms with Crippen molar-refractivity contribution in [2.45, 2.75) is 24.7 Å². The number of hydrogen-bond donors (Lipinski definition) is 0. The summed E-state index contributed by atoms with van der Waals surface area (Å²) in [6, 6.07) is -18.5. The number of fused-ring (bicyclic) bond motifs is 6. The highest BCUT2D eigenvalue weighted by molar-refractivity contribution is 5.91. The standard InChI is InChI=1S/C58H43N/c1-57(2)53-27-14-12-25-49(53)51-35-31-43(38-55(51)57)42-19-16-24-47(37-42)59(46-32-29-41(30-33-46)40-17-6-3-7-18-40)48-34-36-52-50-26-13-15-28-54(50)58(56(52)39-48,44-20-8-4-9-21-44)45-22-10-5-11-23-45/h3-39H,1-2H3/i3D,4D,5D,6D,7D,8D,9D,10D,11D,13D,14D,15D,16D,17D,20D,21D,22D,26D,27D,28D,29D,30D,31D,32D,33D,34D,35D,36D,38D,39D. The monoisotopic (exact) mass is 784 g/mol. The third kappa shape index (κ3) is 5.46. The van der Waals surface area contributed by atoms with Crippen molar-refractivity contribution in [1.82, 2.24) is 0 Å². The Morgan fingerprint density at radius 2 is 1.02 bits per heavy atom. The van der Waals surface area contributed by atoms with Crippen LogP contribution in [-0.2, 0) is 10.8 Å². The molecule has 1 unspecified atom stereocenters. The molecule has 1 atom stereocenters. The zero-order valence-electron chi connectivity index (χ0n) is 61.0. The van der Waals surface area contributed by atoms with Crippen LogP contribution in [0, 0.1) is 0 Å². The fourth-order valence-corrected chi connectivity index (χ4v) is 7.96. The molecule has 0 N–H and O–H groups in total. The summed E-state index contributed by atoms with van der Waals surface area (Å²) in [5, 5.41) is 0. The van der Waals surface area contributed by atoms with Crippen molar-refractivity contribution >= 4 is 17.1 Å². The van der Waals surface area contributed by atoms with E-state index in [0.29, 0.717) is 10.5 Å². The second kappa shape index (κ2) is 13.7. The SMILES string of the molecule is [2H]c1cc(-c2c([2H])c([2H])c3c(c2[2H])C(C)(C)c2c-3ccc([2H])c2[2H])cc(N(c2c([2H])c([2H])c(-c3cc([2H])c([2H])c([2H])c3[2H])c([2H])c2[2H])c2c([2H])c([2H])c3c(c2[2H])C(c2cc([2H])c([2H])c([2H])c2[2H])(c2c([2H])c([2H])c([2H])c([2H])c2[2H])c2c([2H])c([2H])c([2H])c([2H])c2-3)c1. The van der Waals surface area contributed by atoms with E-state index in [-0.39, 0.29) is 39.9 Å². The first-order valence-corrected chi connectivity index (χ1v) is 18.2. The zero-order chi connectivity index (χ0) is 65.7. The summed E-state index contributed by atoms with van der Waals surface area (Å²) in [7, 11) is 0. The molecule has 0 amide bonds. The van der Waals surface area contributed by atoms with Crippen molar-refractivity contribution in [3.8, 4) is 44.5 Å². The highest BCUT2D eigenvalue weighted by atomic mass is 15.1. The lowest BCUT2D eigenvalue weighted by atomic mass is 9.67. The fraction of sp³-hybridized carbons (Fsp3) is 0.0690. The van der Waals surface area contributed by atoms with Gasteiger partial charge < -0.3 is 4.90 Å². The van der Waals surface area contributed by atoms with E-state index in [4.69, 9.17) is 19.2 Å². The normalized spacial score (nSPS) is 22.6. The first kappa shape index (κ1) is 15.9. The van der Waals surface area contributed by atoms with Gasteiger partial charge in [-0.15, -0.1) is 0 Å². The van der Waals surface area contributed by atoms with Crippen LogP contribution < -0.4 is 4.90 Å². The fourth-order valence-electron chi connectivity index (χ4n) is 7.96. The highest BCUT2D eigenvalue weighted by Gasteiger charge is 2.46. The van der Waals surface area contributed by atoms with E-state index in [0.717, 1.165) is 30.3 Å². The molecule has 0 spiro atoms. The van der Waals surface area contributed by atoms with E-state index in [1.807, 2.05) is 0 Å². The molecular weight excluding hydrogens is 711 g/mol. The van der Waals surface area contributed by atoms with E-state index < -0.39 is 242 Å². The van der Waals surface area contributed by atoms with E-state index >= 15 is 0 Å². The molecule has 0 radical (unpaired) electrons. The van der Waals surface area contributed by atoms with Crippen LogP contribution in [0.3, 0.4) is 0 Å². The molecule has 0 saturated heterocycles. The van der Waals surface area contributed by atoms with Gasteiger partial charge in [-0.2, -0.15) is 0 Å². The van der Waals surface area contributed by atoms with Crippen molar-refractivity contribution in [2.75, 3.05) is 4.90 Å². The van der Waals surface area contributed by atoms with Gasteiger partial charge in [0.1, 0.15) is 0 Å². The molecule has 280 valence electrons. The average molecular weight is 784 g/mol. The predicted octanol–water partition coefficient (Wildman–Crippen LogP) is 15.2. The van der Waals surface area contributed by atoms with Crippen LogP contribution in [-0.4, -0.2) is 0 Å². The third-order valence-electron chi connectivity index (χ3n) is 10.6. The second-order valence-corrected chi connectivity index (χ2v) is 14.2. The number of benzene rings is 9. The van der Waals surface area contributed by atoms with Gasteiger partial charge in [0.05, 0.1) is 46.5 Å². The minimum absolute atomic E-state index is 0.112. The Hall–Kier alpha value is -7.22. The Bertz CT molecular complexity index is 4720. The first-order valence-electron chi connectivity index (χ1n) is 33.2. The van der Waals surface area contributed by atoms with Crippen molar-refractivity contribution in [3.05, 3.63) is 257 Å². The van der Waals surface area contributed by atoms with E-state index in [1.54, 1.807) is 13.8 Å². The first-order chi connectivity index (χ1) is 41.5. The van der Waals surface area contributed by atoms with Gasteiger partial charge in [-0.1, -0.05) is 195 Å². The van der Waals surface area contributed by atoms with Gasteiger partial charge in [-0.3, -0.25) is 0 Å². The maximum Gasteiger partial charge on any atom is 0.0714 e. The van der Waals surface area contributed by atoms with Gasteiger partial charge in [-0.25, -0.2) is 0 Å². The topological polar surface area (TPSA) is 3.24 Å². The second-order valence-electron chi connectivity index (χ2n) is 14.2. The van der Waals surface area contributed by atoms with Gasteiger partial charge >= 0.3 is 0 Å². The average Bonchev–Trinajstić information content (AvgIpc) is 1.54. The molecule has 11 rings (SSSR count). The van der Waals surface area contributed by atoms with Gasteiger partial charge in [0.2, 0.25) is 0 Å². The minimum atomic E-state index is -3.16. The number of rotatable bonds is 7. The molecule has 0 heterocycles. The lowest BCUT2D eigenvalue weighted by molar-refractivity contribution is 0.660. The van der Waals surface area contributed by atoms with Crippen molar-refractivity contribution in [1.29, 1.82) is 0 Å². The Morgan fingerprint density at radius 3 is 1.88 bits per heavy atom. The molecular formula is C58H43N. The van der Waals surface area contributed by atoms with Gasteiger partial charge in [0.15, 0.2) is 0 Å². The van der Waals surface area contributed by atoms with Crippen LogP contribution in [0.4, 0.5) is 17.1 Å². The Morgan fingerprint density at radius 1 is 0.373 bits per heavy atom. The highest BCUT2D eigenvalue weighted by Crippen LogP contribution is 2.57. The van der Waals surface area contributed by atoms with Crippen LogP contribution in [0.2, 0.25) is 0 Å². The lowest BCUT2D eigenvalue weighted by Gasteiger charge is -2.35. The van der Waals surface area contributed by atoms with Crippen molar-refractivity contribution < 1.29 is 41.1 Å². The third-order valence-corrected chi connectivity index (χ3v) is 10.6. The van der Waals surface area contributed by atoms with E-state index in [9.17, 15) is 21.9 Å². The molecule has 0 fully saturated rings. The molecule has 1 nitrogen and oxygen atoms in total. The summed E-state index contributed by atoms with van der Waals surface area (Å²) in [6.45, 7) is 3.32. The molecule has 0 saturated carbocycles. The lowest BCUT2D eigenvalue weighted by Crippen LogP contribution is -2.28. The molecule has 0 aromatic heterocycles. The summed E-state index contributed by atoms with van der Waals surface area (Å²) < 4.78 is 278. The Kier molecular flexibility index (Phi) is 3.69. The van der Waals surface area contributed by atoms with Crippen LogP contribution in [0.5, 0.6) is 0 Å². The van der Waals surface area contributed by atoms with Gasteiger partial charge in [0, 0.05) is 22.5 Å². The largest absolute Gasteiger partial charge is 0.310 e. The van der Waals surface area contributed by atoms with Crippen LogP contribution in [0.15, 0.2) is 224 Å². The Labute approximate surface area is 389 Å². The minimum Gasteiger partial charge on any atom is -0.310 e. The van der Waals surface area contributed by atoms with E-state index in [1.165, 1.54) is 12.1 Å². The molecule has 0 bridgehead atoms. The quantitative estimate of drug-likeness (QED) is 0.156. The van der Waals surface area contributed by atoms with Crippen molar-refractivity contribution in [3.63, 3.8) is 0 Å². The number of nitrogens with zero attached hydrogens (tertiary/aromatic N) is 1. The predicted molar refractivity (Wildman–Crippen MR) is 247 cm³/mol. The summed E-state index contributed by atoms with van der Waals surface area (Å²) in [4.78, 5) is 0.685. The molecule has 59 heavy (non-hydrogen) atoms. The molecule has 9 aromatic carbocycles. The molecule has 2 aliphatic rings. The molecule has 9 aromatic rings. The van der Waals surface area contributed by atoms with Crippen LogP contribution in [0.25, 0.3) is 44.5 Å². The zero-order valence-corrected chi connectivity index (χ0v) is 31.0. The smallest absolute Gasteiger partial charge is 0.0714 e. The van der Waals surface area contributed by atoms with Gasteiger partial charge in [0.25, 0.3) is 0 Å². The molecule has 0 aliphatic heterocycles.